The quantitative estimate of drug-likeness (QED) is 0.591. The van der Waals surface area contributed by atoms with E-state index in [4.69, 9.17) is 20.6 Å². The molecule has 4 heteroatoms. The van der Waals surface area contributed by atoms with Gasteiger partial charge in [-0.25, -0.2) is 0 Å². The third-order valence-electron chi connectivity index (χ3n) is 2.27. The van der Waals surface area contributed by atoms with Crippen LogP contribution in [0.5, 0.6) is 5.75 Å². The first-order valence-corrected chi connectivity index (χ1v) is 5.02. The minimum Gasteiger partial charge on any atom is -0.495 e. The summed E-state index contributed by atoms with van der Waals surface area (Å²) < 4.78 is 0. The van der Waals surface area contributed by atoms with Gasteiger partial charge in [-0.15, -0.1) is 0 Å². The lowest BCUT2D eigenvalue weighted by atomic mass is 10.1. The highest BCUT2D eigenvalue weighted by molar-refractivity contribution is 5.35. The largest absolute Gasteiger partial charge is 0.495 e. The van der Waals surface area contributed by atoms with Gasteiger partial charge >= 0.3 is 0 Å². The van der Waals surface area contributed by atoms with Gasteiger partial charge in [-0.3, -0.25) is 9.78 Å². The van der Waals surface area contributed by atoms with Gasteiger partial charge in [0.15, 0.2) is 17.4 Å². The highest BCUT2D eigenvalue weighted by Crippen LogP contribution is 2.24. The zero-order valence-corrected chi connectivity index (χ0v) is 8.72. The van der Waals surface area contributed by atoms with Gasteiger partial charge in [0, 0.05) is 12.0 Å². The predicted molar refractivity (Wildman–Crippen MR) is 59.5 cm³/mol. The van der Waals surface area contributed by atoms with E-state index in [9.17, 15) is 0 Å². The van der Waals surface area contributed by atoms with Gasteiger partial charge in [0.2, 0.25) is 0 Å². The smallest absolute Gasteiger partial charge is 0.182 e. The molecule has 0 aliphatic carbocycles. The molecule has 0 bridgehead atoms. The van der Waals surface area contributed by atoms with E-state index in [1.54, 1.807) is 0 Å². The zero-order chi connectivity index (χ0) is 11.4. The van der Waals surface area contributed by atoms with Crippen molar-refractivity contribution in [3.05, 3.63) is 53.6 Å². The van der Waals surface area contributed by atoms with Gasteiger partial charge in [0.1, 0.15) is 0 Å². The molecule has 84 valence electrons. The first-order chi connectivity index (χ1) is 7.75. The molecule has 1 heterocycles. The standard InChI is InChI=1S/C12H13NO3/c13-12(14)8-7-10-6-5-9-3-1-2-4-11(9)16-15-10/h1-4,6,8,14H,5,7,13H2. The summed E-state index contributed by atoms with van der Waals surface area (Å²) in [5.41, 5.74) is 6.19. The summed E-state index contributed by atoms with van der Waals surface area (Å²) in [6, 6.07) is 7.67. The van der Waals surface area contributed by atoms with E-state index in [0.29, 0.717) is 12.2 Å². The predicted octanol–water partition coefficient (Wildman–Crippen LogP) is 2.19. The van der Waals surface area contributed by atoms with Crippen LogP contribution >= 0.6 is 0 Å². The normalized spacial score (nSPS) is 15.2. The Labute approximate surface area is 93.5 Å². The number of aliphatic hydroxyl groups is 1. The second kappa shape index (κ2) is 4.61. The Morgan fingerprint density at radius 1 is 1.38 bits per heavy atom. The van der Waals surface area contributed by atoms with E-state index in [1.807, 2.05) is 30.3 Å². The highest BCUT2D eigenvalue weighted by atomic mass is 17.2. The molecular formula is C12H13NO3. The van der Waals surface area contributed by atoms with Gasteiger partial charge in [-0.05, 0) is 24.6 Å². The van der Waals surface area contributed by atoms with Crippen LogP contribution in [0, 0.1) is 0 Å². The number of hydrogen-bond acceptors (Lipinski definition) is 4. The average Bonchev–Trinajstić information content (AvgIpc) is 2.49. The van der Waals surface area contributed by atoms with Crippen molar-refractivity contribution >= 4 is 0 Å². The van der Waals surface area contributed by atoms with Crippen LogP contribution in [0.2, 0.25) is 0 Å². The SMILES string of the molecule is NC(O)=CCC1=CCc2ccccc2OO1. The second-order valence-electron chi connectivity index (χ2n) is 3.48. The van der Waals surface area contributed by atoms with Crippen LogP contribution < -0.4 is 10.6 Å². The summed E-state index contributed by atoms with van der Waals surface area (Å²) >= 11 is 0. The number of hydrogen-bond donors (Lipinski definition) is 2. The monoisotopic (exact) mass is 219 g/mol. The Kier molecular flexibility index (Phi) is 3.00. The maximum absolute atomic E-state index is 8.84. The lowest BCUT2D eigenvalue weighted by Crippen LogP contribution is -1.98. The minimum atomic E-state index is -0.216. The molecule has 0 spiro atoms. The number of nitrogens with two attached hydrogens (primary N) is 1. The summed E-state index contributed by atoms with van der Waals surface area (Å²) in [4.78, 5) is 10.3. The van der Waals surface area contributed by atoms with Crippen LogP contribution in [0.4, 0.5) is 0 Å². The fourth-order valence-electron chi connectivity index (χ4n) is 1.43. The van der Waals surface area contributed by atoms with E-state index < -0.39 is 0 Å². The van der Waals surface area contributed by atoms with Crippen molar-refractivity contribution in [3.8, 4) is 5.75 Å². The topological polar surface area (TPSA) is 64.7 Å². The number of rotatable bonds is 2. The van der Waals surface area contributed by atoms with E-state index in [2.05, 4.69) is 0 Å². The molecule has 1 aromatic carbocycles. The van der Waals surface area contributed by atoms with Crippen LogP contribution in [0.3, 0.4) is 0 Å². The molecule has 0 amide bonds. The molecule has 0 aromatic heterocycles. The molecule has 0 atom stereocenters. The number of benzene rings is 1. The Bertz CT molecular complexity index is 434. The van der Waals surface area contributed by atoms with Gasteiger partial charge < -0.3 is 10.8 Å². The molecule has 2 rings (SSSR count). The molecule has 0 radical (unpaired) electrons. The fourth-order valence-corrected chi connectivity index (χ4v) is 1.43. The molecule has 1 aromatic rings. The van der Waals surface area contributed by atoms with E-state index in [-0.39, 0.29) is 5.88 Å². The molecule has 0 saturated carbocycles. The maximum Gasteiger partial charge on any atom is 0.182 e. The van der Waals surface area contributed by atoms with E-state index in [1.165, 1.54) is 6.08 Å². The van der Waals surface area contributed by atoms with Crippen LogP contribution in [0.1, 0.15) is 12.0 Å². The van der Waals surface area contributed by atoms with Gasteiger partial charge in [0.05, 0.1) is 0 Å². The number of allylic oxidation sites excluding steroid dienone is 2. The Morgan fingerprint density at radius 3 is 3.00 bits per heavy atom. The van der Waals surface area contributed by atoms with Crippen molar-refractivity contribution in [2.45, 2.75) is 12.8 Å². The van der Waals surface area contributed by atoms with Gasteiger partial charge in [-0.1, -0.05) is 18.2 Å². The lowest BCUT2D eigenvalue weighted by Gasteiger charge is -2.06. The Hall–Kier alpha value is -2.10. The van der Waals surface area contributed by atoms with Crippen molar-refractivity contribution in [3.63, 3.8) is 0 Å². The summed E-state index contributed by atoms with van der Waals surface area (Å²) in [6.07, 6.45) is 4.53. The van der Waals surface area contributed by atoms with Crippen LogP contribution in [0.15, 0.2) is 48.1 Å². The van der Waals surface area contributed by atoms with Crippen molar-refractivity contribution in [2.75, 3.05) is 0 Å². The second-order valence-corrected chi connectivity index (χ2v) is 3.48. The van der Waals surface area contributed by atoms with Gasteiger partial charge in [0.25, 0.3) is 0 Å². The molecular weight excluding hydrogens is 206 g/mol. The fraction of sp³-hybridized carbons (Fsp3) is 0.167. The third-order valence-corrected chi connectivity index (χ3v) is 2.27. The molecule has 3 N–H and O–H groups in total. The summed E-state index contributed by atoms with van der Waals surface area (Å²) in [5.74, 6) is 1.13. The molecule has 0 fully saturated rings. The first-order valence-electron chi connectivity index (χ1n) is 5.02. The number of para-hydroxylation sites is 1. The Morgan fingerprint density at radius 2 is 2.19 bits per heavy atom. The molecule has 16 heavy (non-hydrogen) atoms. The van der Waals surface area contributed by atoms with Crippen molar-refractivity contribution < 1.29 is 14.9 Å². The summed E-state index contributed by atoms with van der Waals surface area (Å²) in [5, 5.41) is 8.84. The number of fused-ring (bicyclic) bond motifs is 1. The minimum absolute atomic E-state index is 0.216. The van der Waals surface area contributed by atoms with E-state index >= 15 is 0 Å². The van der Waals surface area contributed by atoms with Crippen LogP contribution in [-0.4, -0.2) is 5.11 Å². The highest BCUT2D eigenvalue weighted by Gasteiger charge is 2.10. The van der Waals surface area contributed by atoms with Crippen molar-refractivity contribution in [2.24, 2.45) is 5.73 Å². The maximum atomic E-state index is 8.84. The molecule has 1 aliphatic heterocycles. The first kappa shape index (κ1) is 10.4. The average molecular weight is 219 g/mol. The van der Waals surface area contributed by atoms with E-state index in [0.717, 1.165) is 17.7 Å². The zero-order valence-electron chi connectivity index (χ0n) is 8.72. The third kappa shape index (κ3) is 2.48. The summed E-state index contributed by atoms with van der Waals surface area (Å²) in [7, 11) is 0. The van der Waals surface area contributed by atoms with Crippen molar-refractivity contribution in [1.29, 1.82) is 0 Å². The summed E-state index contributed by atoms with van der Waals surface area (Å²) in [6.45, 7) is 0. The number of aliphatic hydroxyl groups excluding tert-OH is 1. The lowest BCUT2D eigenvalue weighted by molar-refractivity contribution is -0.166. The molecule has 4 nitrogen and oxygen atoms in total. The Balaban J connectivity index is 2.08. The molecule has 0 saturated heterocycles. The van der Waals surface area contributed by atoms with Crippen LogP contribution in [-0.2, 0) is 11.3 Å². The van der Waals surface area contributed by atoms with Crippen LogP contribution in [0.25, 0.3) is 0 Å². The van der Waals surface area contributed by atoms with Crippen molar-refractivity contribution in [1.82, 2.24) is 0 Å². The van der Waals surface area contributed by atoms with Gasteiger partial charge in [-0.2, -0.15) is 0 Å². The molecule has 1 aliphatic rings. The molecule has 0 unspecified atom stereocenters.